The van der Waals surface area contributed by atoms with E-state index in [2.05, 4.69) is 10.3 Å². The number of nitrogens with zero attached hydrogens (tertiary/aromatic N) is 2. The third-order valence-electron chi connectivity index (χ3n) is 2.99. The van der Waals surface area contributed by atoms with Crippen LogP contribution in [0, 0.1) is 0 Å². The van der Waals surface area contributed by atoms with Crippen LogP contribution in [0.25, 0.3) is 11.7 Å². The van der Waals surface area contributed by atoms with Crippen molar-refractivity contribution in [1.29, 1.82) is 0 Å². The van der Waals surface area contributed by atoms with E-state index < -0.39 is 0 Å². The van der Waals surface area contributed by atoms with Gasteiger partial charge in [0, 0.05) is 22.3 Å². The monoisotopic (exact) mass is 331 g/mol. The highest BCUT2D eigenvalue weighted by atomic mass is 35.5. The Balaban J connectivity index is 1.73. The van der Waals surface area contributed by atoms with Crippen molar-refractivity contribution in [1.82, 2.24) is 9.38 Å². The SMILES string of the molecule is O=C(/C=C/c1ccc(Cl)cc1Cl)Nc1cn2ccccc2n1. The number of anilines is 1. The van der Waals surface area contributed by atoms with Gasteiger partial charge in [-0.25, -0.2) is 4.98 Å². The predicted octanol–water partition coefficient (Wildman–Crippen LogP) is 4.29. The molecule has 0 bridgehead atoms. The van der Waals surface area contributed by atoms with Crippen LogP contribution < -0.4 is 5.32 Å². The molecule has 0 saturated carbocycles. The van der Waals surface area contributed by atoms with Gasteiger partial charge >= 0.3 is 0 Å². The molecule has 0 aliphatic carbocycles. The van der Waals surface area contributed by atoms with Crippen LogP contribution in [0.3, 0.4) is 0 Å². The fourth-order valence-corrected chi connectivity index (χ4v) is 2.44. The molecule has 2 aromatic heterocycles. The van der Waals surface area contributed by atoms with E-state index in [0.717, 1.165) is 11.2 Å². The van der Waals surface area contributed by atoms with Crippen LogP contribution in [0.4, 0.5) is 5.82 Å². The molecule has 0 aliphatic heterocycles. The maximum atomic E-state index is 11.9. The molecule has 110 valence electrons. The summed E-state index contributed by atoms with van der Waals surface area (Å²) in [5.41, 5.74) is 1.48. The number of aromatic nitrogens is 2. The largest absolute Gasteiger partial charge is 0.306 e. The molecule has 3 aromatic rings. The van der Waals surface area contributed by atoms with Gasteiger partial charge in [-0.15, -0.1) is 0 Å². The van der Waals surface area contributed by atoms with Gasteiger partial charge in [0.25, 0.3) is 0 Å². The van der Waals surface area contributed by atoms with Gasteiger partial charge in [0.05, 0.1) is 6.20 Å². The molecule has 3 rings (SSSR count). The second-order valence-electron chi connectivity index (χ2n) is 4.58. The van der Waals surface area contributed by atoms with E-state index in [1.165, 1.54) is 6.08 Å². The van der Waals surface area contributed by atoms with Gasteiger partial charge in [-0.3, -0.25) is 4.79 Å². The maximum absolute atomic E-state index is 11.9. The van der Waals surface area contributed by atoms with Gasteiger partial charge in [-0.1, -0.05) is 35.3 Å². The lowest BCUT2D eigenvalue weighted by Crippen LogP contribution is -2.07. The first-order valence-corrected chi connectivity index (χ1v) is 7.25. The molecule has 0 fully saturated rings. The molecule has 0 spiro atoms. The first kappa shape index (κ1) is 14.6. The normalized spacial score (nSPS) is 11.2. The number of amides is 1. The summed E-state index contributed by atoms with van der Waals surface area (Å²) in [6.45, 7) is 0. The number of imidazole rings is 1. The molecule has 22 heavy (non-hydrogen) atoms. The Morgan fingerprint density at radius 1 is 1.23 bits per heavy atom. The third kappa shape index (κ3) is 3.30. The van der Waals surface area contributed by atoms with Gasteiger partial charge in [-0.05, 0) is 35.9 Å². The van der Waals surface area contributed by atoms with Crippen LogP contribution in [-0.2, 0) is 4.79 Å². The van der Waals surface area contributed by atoms with Crippen LogP contribution in [0.1, 0.15) is 5.56 Å². The molecule has 0 unspecified atom stereocenters. The van der Waals surface area contributed by atoms with E-state index in [0.29, 0.717) is 15.9 Å². The van der Waals surface area contributed by atoms with Crippen LogP contribution in [-0.4, -0.2) is 15.3 Å². The highest BCUT2D eigenvalue weighted by molar-refractivity contribution is 6.35. The number of pyridine rings is 1. The Kier molecular flexibility index (Phi) is 4.13. The predicted molar refractivity (Wildman–Crippen MR) is 89.3 cm³/mol. The molecule has 0 saturated heterocycles. The average molecular weight is 332 g/mol. The highest BCUT2D eigenvalue weighted by Crippen LogP contribution is 2.22. The fourth-order valence-electron chi connectivity index (χ4n) is 1.96. The summed E-state index contributed by atoms with van der Waals surface area (Å²) in [4.78, 5) is 16.2. The van der Waals surface area contributed by atoms with Crippen molar-refractivity contribution < 1.29 is 4.79 Å². The fraction of sp³-hybridized carbons (Fsp3) is 0. The van der Waals surface area contributed by atoms with Gasteiger partial charge < -0.3 is 9.72 Å². The van der Waals surface area contributed by atoms with Gasteiger partial charge in [0.1, 0.15) is 5.65 Å². The van der Waals surface area contributed by atoms with Crippen molar-refractivity contribution in [2.24, 2.45) is 0 Å². The zero-order chi connectivity index (χ0) is 15.5. The Labute approximate surface area is 137 Å². The second-order valence-corrected chi connectivity index (χ2v) is 5.42. The van der Waals surface area contributed by atoms with Crippen molar-refractivity contribution in [3.05, 3.63) is 70.5 Å². The molecule has 0 aliphatic rings. The summed E-state index contributed by atoms with van der Waals surface area (Å²) in [5.74, 6) is 0.206. The van der Waals surface area contributed by atoms with E-state index in [9.17, 15) is 4.79 Å². The number of nitrogens with one attached hydrogen (secondary N) is 1. The Bertz CT molecular complexity index is 838. The summed E-state index contributed by atoms with van der Waals surface area (Å²) >= 11 is 11.9. The summed E-state index contributed by atoms with van der Waals surface area (Å²) in [6.07, 6.45) is 6.64. The molecule has 6 heteroatoms. The lowest BCUT2D eigenvalue weighted by Gasteiger charge is -1.99. The van der Waals surface area contributed by atoms with E-state index in [1.54, 1.807) is 30.5 Å². The van der Waals surface area contributed by atoms with E-state index in [4.69, 9.17) is 23.2 Å². The van der Waals surface area contributed by atoms with E-state index in [-0.39, 0.29) is 5.91 Å². The van der Waals surface area contributed by atoms with Gasteiger partial charge in [0.2, 0.25) is 5.91 Å². The molecule has 2 heterocycles. The topological polar surface area (TPSA) is 46.4 Å². The Hall–Kier alpha value is -2.30. The Morgan fingerprint density at radius 2 is 2.09 bits per heavy atom. The average Bonchev–Trinajstić information content (AvgIpc) is 2.88. The number of hydrogen-bond acceptors (Lipinski definition) is 2. The minimum absolute atomic E-state index is 0.283. The molecule has 0 atom stereocenters. The minimum Gasteiger partial charge on any atom is -0.306 e. The number of fused-ring (bicyclic) bond motifs is 1. The lowest BCUT2D eigenvalue weighted by molar-refractivity contribution is -0.111. The number of benzene rings is 1. The first-order valence-electron chi connectivity index (χ1n) is 6.50. The molecule has 0 radical (unpaired) electrons. The molecular weight excluding hydrogens is 321 g/mol. The smallest absolute Gasteiger partial charge is 0.249 e. The second kappa shape index (κ2) is 6.22. The zero-order valence-electron chi connectivity index (χ0n) is 11.3. The number of halogens is 2. The summed E-state index contributed by atoms with van der Waals surface area (Å²) in [6, 6.07) is 10.7. The third-order valence-corrected chi connectivity index (χ3v) is 3.55. The zero-order valence-corrected chi connectivity index (χ0v) is 12.8. The van der Waals surface area contributed by atoms with Crippen LogP contribution >= 0.6 is 23.2 Å². The van der Waals surface area contributed by atoms with Crippen LogP contribution in [0.5, 0.6) is 0 Å². The standard InChI is InChI=1S/C16H11Cl2N3O/c17-12-6-4-11(13(18)9-12)5-7-16(22)20-14-10-21-8-2-1-3-15(21)19-14/h1-10H,(H,20,22)/b7-5+. The summed E-state index contributed by atoms with van der Waals surface area (Å²) < 4.78 is 1.83. The minimum atomic E-state index is -0.283. The first-order chi connectivity index (χ1) is 10.6. The van der Waals surface area contributed by atoms with Crippen molar-refractivity contribution in [2.45, 2.75) is 0 Å². The quantitative estimate of drug-likeness (QED) is 0.727. The van der Waals surface area contributed by atoms with Crippen molar-refractivity contribution in [3.8, 4) is 0 Å². The van der Waals surface area contributed by atoms with Crippen LogP contribution in [0.15, 0.2) is 54.9 Å². The van der Waals surface area contributed by atoms with Crippen LogP contribution in [0.2, 0.25) is 10.0 Å². The molecule has 1 N–H and O–H groups in total. The van der Waals surface area contributed by atoms with E-state index in [1.807, 2.05) is 28.8 Å². The maximum Gasteiger partial charge on any atom is 0.249 e. The molecule has 4 nitrogen and oxygen atoms in total. The van der Waals surface area contributed by atoms with Crippen molar-refractivity contribution in [3.63, 3.8) is 0 Å². The number of carbonyl (C=O) groups is 1. The number of hydrogen-bond donors (Lipinski definition) is 1. The van der Waals surface area contributed by atoms with Crippen molar-refractivity contribution >= 4 is 46.7 Å². The molecule has 1 aromatic carbocycles. The highest BCUT2D eigenvalue weighted by Gasteiger charge is 2.04. The molecular formula is C16H11Cl2N3O. The van der Waals surface area contributed by atoms with Gasteiger partial charge in [-0.2, -0.15) is 0 Å². The van der Waals surface area contributed by atoms with Crippen molar-refractivity contribution in [2.75, 3.05) is 5.32 Å². The molecule has 1 amide bonds. The van der Waals surface area contributed by atoms with Gasteiger partial charge in [0.15, 0.2) is 5.82 Å². The number of carbonyl (C=O) groups excluding carboxylic acids is 1. The summed E-state index contributed by atoms with van der Waals surface area (Å²) in [5, 5.41) is 3.75. The van der Waals surface area contributed by atoms with E-state index >= 15 is 0 Å². The lowest BCUT2D eigenvalue weighted by atomic mass is 10.2. The summed E-state index contributed by atoms with van der Waals surface area (Å²) in [7, 11) is 0. The Morgan fingerprint density at radius 3 is 2.86 bits per heavy atom. The number of rotatable bonds is 3.